The van der Waals surface area contributed by atoms with Crippen molar-refractivity contribution in [1.82, 2.24) is 4.98 Å². The lowest BCUT2D eigenvalue weighted by Crippen LogP contribution is -1.92. The summed E-state index contributed by atoms with van der Waals surface area (Å²) in [6, 6.07) is 8.75. The number of thiazole rings is 1. The van der Waals surface area contributed by atoms with Crippen LogP contribution in [0.1, 0.15) is 23.2 Å². The molecule has 1 unspecified atom stereocenters. The van der Waals surface area contributed by atoms with Gasteiger partial charge in [-0.15, -0.1) is 11.3 Å². The van der Waals surface area contributed by atoms with Gasteiger partial charge in [-0.05, 0) is 37.2 Å². The fourth-order valence-electron chi connectivity index (χ4n) is 1.85. The molecule has 0 saturated carbocycles. The summed E-state index contributed by atoms with van der Waals surface area (Å²) in [5.41, 5.74) is 3.78. The van der Waals surface area contributed by atoms with Crippen LogP contribution >= 0.6 is 29.6 Å². The first kappa shape index (κ1) is 15.7. The van der Waals surface area contributed by atoms with E-state index in [1.807, 2.05) is 0 Å². The number of hydrogen-bond donors (Lipinski definition) is 2. The topological polar surface area (TPSA) is 24.9 Å². The van der Waals surface area contributed by atoms with Crippen molar-refractivity contribution in [3.63, 3.8) is 0 Å². The van der Waals surface area contributed by atoms with Gasteiger partial charge in [0.05, 0.1) is 10.7 Å². The van der Waals surface area contributed by atoms with E-state index in [4.69, 9.17) is 0 Å². The molecule has 1 N–H and O–H groups in total. The number of rotatable bonds is 7. The highest BCUT2D eigenvalue weighted by Gasteiger charge is 2.02. The zero-order valence-electron chi connectivity index (χ0n) is 12.0. The molecule has 0 radical (unpaired) electrons. The second-order valence-electron chi connectivity index (χ2n) is 4.56. The van der Waals surface area contributed by atoms with Crippen LogP contribution in [0.2, 0.25) is 0 Å². The van der Waals surface area contributed by atoms with E-state index in [-0.39, 0.29) is 7.27 Å². The third-order valence-corrected chi connectivity index (χ3v) is 6.58. The Balaban J connectivity index is 1.88. The molecule has 0 aliphatic rings. The van der Waals surface area contributed by atoms with Crippen LogP contribution in [0.5, 0.6) is 0 Å². The molecule has 1 atom stereocenters. The number of benzene rings is 1. The zero-order valence-corrected chi connectivity index (χ0v) is 14.6. The smallest absolute Gasteiger partial charge is 0.0931 e. The van der Waals surface area contributed by atoms with Crippen molar-refractivity contribution in [3.05, 3.63) is 45.9 Å². The molecule has 20 heavy (non-hydrogen) atoms. The summed E-state index contributed by atoms with van der Waals surface area (Å²) < 4.78 is 0. The predicted molar refractivity (Wildman–Crippen MR) is 97.9 cm³/mol. The summed E-state index contributed by atoms with van der Waals surface area (Å²) in [6.45, 7) is 4.35. The average Bonchev–Trinajstić information content (AvgIpc) is 2.94. The first-order valence-electron chi connectivity index (χ1n) is 6.70. The molecule has 0 spiro atoms. The molecule has 1 aromatic carbocycles. The number of aryl methyl sites for hydroxylation is 3. The first-order valence-corrected chi connectivity index (χ1v) is 11.2. The quantitative estimate of drug-likeness (QED) is 0.437. The van der Waals surface area contributed by atoms with E-state index in [0.29, 0.717) is 0 Å². The minimum absolute atomic E-state index is 0.205. The molecule has 0 aliphatic heterocycles. The number of hydrogen-bond acceptors (Lipinski definition) is 3. The highest BCUT2D eigenvalue weighted by molar-refractivity contribution is 8.53. The molecule has 0 bridgehead atoms. The molecule has 2 rings (SSSR count). The minimum Gasteiger partial charge on any atom is -0.357 e. The van der Waals surface area contributed by atoms with Crippen molar-refractivity contribution >= 4 is 41.1 Å². The van der Waals surface area contributed by atoms with Crippen LogP contribution in [-0.4, -0.2) is 17.5 Å². The number of aromatic nitrogens is 1. The summed E-state index contributed by atoms with van der Waals surface area (Å²) in [7, 11) is 0.979. The lowest BCUT2D eigenvalue weighted by atomic mass is 10.1. The van der Waals surface area contributed by atoms with Crippen molar-refractivity contribution < 1.29 is 0 Å². The van der Waals surface area contributed by atoms with E-state index < -0.39 is 0 Å². The second kappa shape index (κ2) is 7.92. The van der Waals surface area contributed by atoms with Crippen molar-refractivity contribution in [1.29, 1.82) is 0 Å². The summed E-state index contributed by atoms with van der Waals surface area (Å²) in [5.74, 6) is 3.90. The van der Waals surface area contributed by atoms with Crippen LogP contribution in [0.4, 0.5) is 5.69 Å². The van der Waals surface area contributed by atoms with Crippen LogP contribution < -0.4 is 5.09 Å². The fourth-order valence-corrected chi connectivity index (χ4v) is 3.88. The Labute approximate surface area is 130 Å². The molecule has 1 aromatic heterocycles. The molecule has 0 fully saturated rings. The standard InChI is InChI=1S/C15H21N2PS2/c1-4-13-11-20-15(16-13)10-7-12-5-8-14(9-6-12)17-18(2)19-3/h5-6,8-9,11,17,19H,3-4,7,10H2,1-2H3. The van der Waals surface area contributed by atoms with Gasteiger partial charge in [-0.3, -0.25) is 0 Å². The van der Waals surface area contributed by atoms with E-state index >= 15 is 0 Å². The average molecular weight is 324 g/mol. The third-order valence-electron chi connectivity index (χ3n) is 3.05. The van der Waals surface area contributed by atoms with E-state index in [2.05, 4.69) is 59.2 Å². The van der Waals surface area contributed by atoms with Crippen LogP contribution in [0.25, 0.3) is 0 Å². The Bertz CT molecular complexity index is 551. The summed E-state index contributed by atoms with van der Waals surface area (Å²) in [4.78, 5) is 4.61. The maximum absolute atomic E-state index is 4.61. The highest BCUT2D eigenvalue weighted by atomic mass is 32.7. The Kier molecular flexibility index (Phi) is 6.21. The number of anilines is 1. The largest absolute Gasteiger partial charge is 0.357 e. The molecule has 108 valence electrons. The van der Waals surface area contributed by atoms with E-state index in [1.165, 1.54) is 32.9 Å². The minimum atomic E-state index is -0.205. The maximum Gasteiger partial charge on any atom is 0.0931 e. The van der Waals surface area contributed by atoms with Crippen LogP contribution in [0.3, 0.4) is 0 Å². The fraction of sp³-hybridized carbons (Fsp3) is 0.333. The van der Waals surface area contributed by atoms with Crippen molar-refractivity contribution in [2.75, 3.05) is 11.8 Å². The Hall–Kier alpha value is -0.700. The molecule has 0 saturated heterocycles. The summed E-state index contributed by atoms with van der Waals surface area (Å²) in [6.07, 6.45) is 3.13. The van der Waals surface area contributed by atoms with E-state index in [1.54, 1.807) is 11.3 Å². The maximum atomic E-state index is 4.61. The van der Waals surface area contributed by atoms with Gasteiger partial charge in [-0.1, -0.05) is 24.9 Å². The van der Waals surface area contributed by atoms with Crippen molar-refractivity contribution in [2.24, 2.45) is 0 Å². The summed E-state index contributed by atoms with van der Waals surface area (Å²) in [5, 5.41) is 6.90. The summed E-state index contributed by atoms with van der Waals surface area (Å²) >= 11 is 1.78. The van der Waals surface area contributed by atoms with E-state index in [0.717, 1.165) is 19.3 Å². The van der Waals surface area contributed by atoms with Crippen molar-refractivity contribution in [2.45, 2.75) is 26.2 Å². The monoisotopic (exact) mass is 324 g/mol. The van der Waals surface area contributed by atoms with Gasteiger partial charge >= 0.3 is 0 Å². The van der Waals surface area contributed by atoms with Gasteiger partial charge in [-0.2, -0.15) is 11.0 Å². The van der Waals surface area contributed by atoms with E-state index in [9.17, 15) is 0 Å². The first-order chi connectivity index (χ1) is 9.71. The van der Waals surface area contributed by atoms with Gasteiger partial charge in [0.1, 0.15) is 0 Å². The Morgan fingerprint density at radius 3 is 2.65 bits per heavy atom. The molecule has 1 heterocycles. The Morgan fingerprint density at radius 2 is 2.05 bits per heavy atom. The lowest BCUT2D eigenvalue weighted by Gasteiger charge is -2.11. The van der Waals surface area contributed by atoms with Gasteiger partial charge in [0.15, 0.2) is 0 Å². The van der Waals surface area contributed by atoms with Gasteiger partial charge in [-0.25, -0.2) is 4.98 Å². The number of nitrogens with one attached hydrogen (secondary N) is 1. The zero-order chi connectivity index (χ0) is 14.4. The van der Waals surface area contributed by atoms with Crippen LogP contribution in [0, 0.1) is 0 Å². The SMILES string of the molecule is C=[SH]P(C)Nc1ccc(CCc2nc(CC)cs2)cc1. The third kappa shape index (κ3) is 4.69. The molecular weight excluding hydrogens is 303 g/mol. The van der Waals surface area contributed by atoms with Crippen molar-refractivity contribution in [3.8, 4) is 0 Å². The van der Waals surface area contributed by atoms with Gasteiger partial charge in [0.2, 0.25) is 0 Å². The molecule has 0 amide bonds. The predicted octanol–water partition coefficient (Wildman–Crippen LogP) is 4.74. The molecule has 2 aromatic rings. The molecule has 5 heteroatoms. The van der Waals surface area contributed by atoms with Gasteiger partial charge < -0.3 is 5.09 Å². The molecule has 2 nitrogen and oxygen atoms in total. The van der Waals surface area contributed by atoms with Crippen LogP contribution in [-0.2, 0) is 19.3 Å². The number of thiol groups is 1. The van der Waals surface area contributed by atoms with Crippen LogP contribution in [0.15, 0.2) is 29.6 Å². The van der Waals surface area contributed by atoms with Gasteiger partial charge in [0.25, 0.3) is 0 Å². The lowest BCUT2D eigenvalue weighted by molar-refractivity contribution is 0.922. The second-order valence-corrected chi connectivity index (χ2v) is 9.70. The van der Waals surface area contributed by atoms with Gasteiger partial charge in [0, 0.05) is 24.8 Å². The normalized spacial score (nSPS) is 12.3. The number of nitrogens with zero attached hydrogens (tertiary/aromatic N) is 1. The molecule has 0 aliphatic carbocycles. The Morgan fingerprint density at radius 1 is 1.30 bits per heavy atom. The highest BCUT2D eigenvalue weighted by Crippen LogP contribution is 2.39. The molecular formula is C15H21N2PS2.